The molecule has 0 radical (unpaired) electrons. The molecule has 1 N–H and O–H groups in total. The Kier molecular flexibility index (Phi) is 6.89. The number of hydrogen-bond donors (Lipinski definition) is 1. The van der Waals surface area contributed by atoms with Crippen LogP contribution in [-0.2, 0) is 6.18 Å². The van der Waals surface area contributed by atoms with E-state index in [0.29, 0.717) is 15.8 Å². The normalized spacial score (nSPS) is 12.0. The Hall–Kier alpha value is -1.90. The molecule has 3 aromatic rings. The highest BCUT2D eigenvalue weighted by Gasteiger charge is 2.35. The van der Waals surface area contributed by atoms with Gasteiger partial charge in [-0.1, -0.05) is 43.1 Å². The Morgan fingerprint density at radius 1 is 1.13 bits per heavy atom. The summed E-state index contributed by atoms with van der Waals surface area (Å²) in [6.45, 7) is 4.19. The summed E-state index contributed by atoms with van der Waals surface area (Å²) in [6.07, 6.45) is -2.77. The first-order chi connectivity index (χ1) is 14.2. The summed E-state index contributed by atoms with van der Waals surface area (Å²) in [5, 5.41) is 6.49. The fourth-order valence-electron chi connectivity index (χ4n) is 3.21. The Bertz CT molecular complexity index is 1110. The van der Waals surface area contributed by atoms with Gasteiger partial charge < -0.3 is 0 Å². The standard InChI is InChI=1S/C20H18Cl2F3N3OS/c1-3-11(4-2)12-5-8-17(15(22)9-12)30-19-27-26-18(29)28(19)16-7-6-13(21)10-14(16)20(23,24)25/h5-11H,3-4H2,1-2H3,(H,26,29). The van der Waals surface area contributed by atoms with Crippen molar-refractivity contribution in [3.8, 4) is 5.69 Å². The van der Waals surface area contributed by atoms with Gasteiger partial charge in [0.25, 0.3) is 0 Å². The summed E-state index contributed by atoms with van der Waals surface area (Å²) >= 11 is 13.2. The van der Waals surface area contributed by atoms with Crippen molar-refractivity contribution < 1.29 is 13.2 Å². The van der Waals surface area contributed by atoms with Crippen molar-refractivity contribution in [3.63, 3.8) is 0 Å². The predicted molar refractivity (Wildman–Crippen MR) is 113 cm³/mol. The van der Waals surface area contributed by atoms with Crippen LogP contribution in [0, 0.1) is 0 Å². The zero-order valence-corrected chi connectivity index (χ0v) is 18.4. The van der Waals surface area contributed by atoms with Crippen LogP contribution in [0.3, 0.4) is 0 Å². The van der Waals surface area contributed by atoms with Crippen LogP contribution in [0.4, 0.5) is 13.2 Å². The molecule has 10 heteroatoms. The van der Waals surface area contributed by atoms with Gasteiger partial charge in [-0.2, -0.15) is 13.2 Å². The first kappa shape index (κ1) is 22.8. The van der Waals surface area contributed by atoms with Gasteiger partial charge in [0.2, 0.25) is 5.16 Å². The number of aromatic amines is 1. The smallest absolute Gasteiger partial charge is 0.246 e. The highest BCUT2D eigenvalue weighted by molar-refractivity contribution is 7.99. The lowest BCUT2D eigenvalue weighted by molar-refractivity contribution is -0.137. The predicted octanol–water partition coefficient (Wildman–Crippen LogP) is 6.94. The molecular formula is C20H18Cl2F3N3OS. The van der Waals surface area contributed by atoms with Crippen LogP contribution in [-0.4, -0.2) is 14.8 Å². The summed E-state index contributed by atoms with van der Waals surface area (Å²) in [5.41, 5.74) is -1.10. The molecule has 0 aliphatic rings. The minimum atomic E-state index is -4.70. The quantitative estimate of drug-likeness (QED) is 0.419. The first-order valence-electron chi connectivity index (χ1n) is 9.17. The van der Waals surface area contributed by atoms with Gasteiger partial charge in [-0.05, 0) is 66.4 Å². The molecule has 2 aromatic carbocycles. The van der Waals surface area contributed by atoms with Gasteiger partial charge in [-0.15, -0.1) is 5.10 Å². The average Bonchev–Trinajstić information content (AvgIpc) is 3.04. The summed E-state index contributed by atoms with van der Waals surface area (Å²) in [6, 6.07) is 8.78. The van der Waals surface area contributed by atoms with Gasteiger partial charge in [0.1, 0.15) is 0 Å². The van der Waals surface area contributed by atoms with E-state index in [9.17, 15) is 18.0 Å². The molecule has 0 aliphatic carbocycles. The number of halogens is 5. The van der Waals surface area contributed by atoms with E-state index in [0.717, 1.165) is 46.9 Å². The molecule has 1 heterocycles. The highest BCUT2D eigenvalue weighted by Crippen LogP contribution is 2.39. The van der Waals surface area contributed by atoms with Crippen molar-refractivity contribution in [2.75, 3.05) is 0 Å². The molecule has 4 nitrogen and oxygen atoms in total. The molecule has 160 valence electrons. The number of H-pyrrole nitrogens is 1. The van der Waals surface area contributed by atoms with E-state index in [1.807, 2.05) is 12.1 Å². The summed E-state index contributed by atoms with van der Waals surface area (Å²) in [4.78, 5) is 12.9. The number of hydrogen-bond acceptors (Lipinski definition) is 3. The molecule has 0 saturated carbocycles. The van der Waals surface area contributed by atoms with E-state index in [2.05, 4.69) is 24.0 Å². The van der Waals surface area contributed by atoms with Gasteiger partial charge in [-0.3, -0.25) is 0 Å². The van der Waals surface area contributed by atoms with Crippen molar-refractivity contribution in [1.29, 1.82) is 0 Å². The third-order valence-corrected chi connectivity index (χ3v) is 6.45. The third kappa shape index (κ3) is 4.71. The molecule has 30 heavy (non-hydrogen) atoms. The number of benzene rings is 2. The summed E-state index contributed by atoms with van der Waals surface area (Å²) < 4.78 is 41.5. The Balaban J connectivity index is 2.04. The lowest BCUT2D eigenvalue weighted by Crippen LogP contribution is -2.20. The summed E-state index contributed by atoms with van der Waals surface area (Å²) in [7, 11) is 0. The molecule has 0 amide bonds. The van der Waals surface area contributed by atoms with Crippen LogP contribution in [0.2, 0.25) is 10.0 Å². The van der Waals surface area contributed by atoms with E-state index >= 15 is 0 Å². The Labute approximate surface area is 185 Å². The fourth-order valence-corrected chi connectivity index (χ4v) is 4.54. The fraction of sp³-hybridized carbons (Fsp3) is 0.300. The SMILES string of the molecule is CCC(CC)c1ccc(Sc2n[nH]c(=O)n2-c2ccc(Cl)cc2C(F)(F)F)c(Cl)c1. The van der Waals surface area contributed by atoms with Crippen LogP contribution < -0.4 is 5.69 Å². The van der Waals surface area contributed by atoms with Crippen LogP contribution in [0.15, 0.2) is 51.2 Å². The minimum Gasteiger partial charge on any atom is -0.246 e. The molecule has 0 saturated heterocycles. The van der Waals surface area contributed by atoms with Crippen molar-refractivity contribution >= 4 is 35.0 Å². The van der Waals surface area contributed by atoms with E-state index in [1.165, 1.54) is 6.07 Å². The number of aromatic nitrogens is 3. The zero-order valence-electron chi connectivity index (χ0n) is 16.1. The molecule has 0 aliphatic heterocycles. The molecule has 0 fully saturated rings. The van der Waals surface area contributed by atoms with E-state index < -0.39 is 17.4 Å². The minimum absolute atomic E-state index is 0.0324. The molecule has 0 atom stereocenters. The average molecular weight is 476 g/mol. The van der Waals surface area contributed by atoms with Crippen LogP contribution in [0.5, 0.6) is 0 Å². The van der Waals surface area contributed by atoms with Gasteiger partial charge >= 0.3 is 11.9 Å². The second-order valence-corrected chi connectivity index (χ2v) is 8.46. The lowest BCUT2D eigenvalue weighted by atomic mass is 9.94. The number of nitrogens with one attached hydrogen (secondary N) is 1. The second kappa shape index (κ2) is 9.08. The topological polar surface area (TPSA) is 50.7 Å². The maximum atomic E-state index is 13.5. The number of alkyl halides is 3. The van der Waals surface area contributed by atoms with Gasteiger partial charge in [0.05, 0.1) is 16.3 Å². The van der Waals surface area contributed by atoms with E-state index in [-0.39, 0.29) is 15.9 Å². The largest absolute Gasteiger partial charge is 0.418 e. The lowest BCUT2D eigenvalue weighted by Gasteiger charge is -2.16. The number of nitrogens with zero attached hydrogens (tertiary/aromatic N) is 2. The van der Waals surface area contributed by atoms with E-state index in [1.54, 1.807) is 6.07 Å². The Morgan fingerprint density at radius 3 is 2.43 bits per heavy atom. The maximum absolute atomic E-state index is 13.5. The van der Waals surface area contributed by atoms with Crippen LogP contribution in [0.25, 0.3) is 5.69 Å². The molecule has 0 spiro atoms. The molecule has 0 bridgehead atoms. The van der Waals surface area contributed by atoms with Gasteiger partial charge in [0.15, 0.2) is 0 Å². The van der Waals surface area contributed by atoms with Crippen molar-refractivity contribution in [1.82, 2.24) is 14.8 Å². The highest BCUT2D eigenvalue weighted by atomic mass is 35.5. The van der Waals surface area contributed by atoms with Crippen molar-refractivity contribution in [2.24, 2.45) is 0 Å². The molecule has 0 unspecified atom stereocenters. The van der Waals surface area contributed by atoms with Crippen molar-refractivity contribution in [2.45, 2.75) is 48.8 Å². The second-order valence-electron chi connectivity index (χ2n) is 6.61. The monoisotopic (exact) mass is 475 g/mol. The van der Waals surface area contributed by atoms with E-state index in [4.69, 9.17) is 23.2 Å². The van der Waals surface area contributed by atoms with Crippen LogP contribution >= 0.6 is 35.0 Å². The number of rotatable bonds is 6. The molecule has 3 rings (SSSR count). The molecular weight excluding hydrogens is 458 g/mol. The summed E-state index contributed by atoms with van der Waals surface area (Å²) in [5.74, 6) is 0.369. The Morgan fingerprint density at radius 2 is 1.83 bits per heavy atom. The molecule has 1 aromatic heterocycles. The third-order valence-electron chi connectivity index (χ3n) is 4.76. The van der Waals surface area contributed by atoms with Crippen molar-refractivity contribution in [3.05, 3.63) is 68.1 Å². The zero-order chi connectivity index (χ0) is 22.1. The van der Waals surface area contributed by atoms with Gasteiger partial charge in [-0.25, -0.2) is 14.5 Å². The van der Waals surface area contributed by atoms with Gasteiger partial charge in [0, 0.05) is 9.92 Å². The first-order valence-corrected chi connectivity index (χ1v) is 10.7. The maximum Gasteiger partial charge on any atom is 0.418 e. The van der Waals surface area contributed by atoms with Crippen LogP contribution in [0.1, 0.15) is 43.7 Å².